The Hall–Kier alpha value is -1.62. The number of halogens is 3. The van der Waals surface area contributed by atoms with Gasteiger partial charge in [0.1, 0.15) is 12.4 Å². The summed E-state index contributed by atoms with van der Waals surface area (Å²) in [6.45, 7) is 2.41. The second-order valence-corrected chi connectivity index (χ2v) is 6.36. The molecule has 0 saturated carbocycles. The third-order valence-electron chi connectivity index (χ3n) is 3.47. The highest BCUT2D eigenvalue weighted by atomic mass is 35.5. The molecular weight excluding hydrogens is 338 g/mol. The molecule has 0 saturated heterocycles. The van der Waals surface area contributed by atoms with E-state index in [1.807, 2.05) is 14.0 Å². The number of benzene rings is 2. The van der Waals surface area contributed by atoms with Crippen LogP contribution in [0, 0.1) is 12.7 Å². The first-order valence-corrected chi connectivity index (χ1v) is 7.92. The molecule has 0 aliphatic carbocycles. The standard InChI is InChI=1S/C17H17Cl2FN2O/c1-11-8-12(18)6-7-16(11)21-17(23)10-22(2)9-13-14(19)4-3-5-15(13)20/h3-8H,9-10H2,1-2H3,(H,21,23)/p+1. The summed E-state index contributed by atoms with van der Waals surface area (Å²) in [5, 5.41) is 3.83. The SMILES string of the molecule is Cc1cc(Cl)ccc1NC(=O)C[NH+](C)Cc1c(F)cccc1Cl. The molecule has 0 radical (unpaired) electrons. The number of quaternary nitrogens is 1. The zero-order valence-corrected chi connectivity index (χ0v) is 14.4. The maximum absolute atomic E-state index is 13.8. The lowest BCUT2D eigenvalue weighted by molar-refractivity contribution is -0.885. The largest absolute Gasteiger partial charge is 0.326 e. The number of likely N-dealkylation sites (N-methyl/N-ethyl adjacent to an activating group) is 1. The summed E-state index contributed by atoms with van der Waals surface area (Å²) >= 11 is 11.9. The van der Waals surface area contributed by atoms with Crippen LogP contribution in [0.2, 0.25) is 10.0 Å². The number of rotatable bonds is 5. The van der Waals surface area contributed by atoms with E-state index in [2.05, 4.69) is 5.32 Å². The predicted octanol–water partition coefficient (Wildman–Crippen LogP) is 3.09. The van der Waals surface area contributed by atoms with Gasteiger partial charge in [-0.1, -0.05) is 29.3 Å². The Morgan fingerprint density at radius 2 is 2.00 bits per heavy atom. The molecule has 2 aromatic carbocycles. The van der Waals surface area contributed by atoms with Crippen LogP contribution in [-0.2, 0) is 11.3 Å². The Kier molecular flexibility index (Phi) is 5.99. The lowest BCUT2D eigenvalue weighted by atomic mass is 10.2. The van der Waals surface area contributed by atoms with Gasteiger partial charge in [-0.25, -0.2) is 4.39 Å². The normalized spacial score (nSPS) is 12.0. The minimum absolute atomic E-state index is 0.152. The van der Waals surface area contributed by atoms with Gasteiger partial charge in [0.05, 0.1) is 17.6 Å². The molecule has 2 aromatic rings. The fourth-order valence-electron chi connectivity index (χ4n) is 2.30. The summed E-state index contributed by atoms with van der Waals surface area (Å²) in [6, 6.07) is 9.84. The van der Waals surface area contributed by atoms with Crippen molar-refractivity contribution in [1.29, 1.82) is 0 Å². The quantitative estimate of drug-likeness (QED) is 0.848. The fourth-order valence-corrected chi connectivity index (χ4v) is 2.76. The monoisotopic (exact) mass is 355 g/mol. The molecule has 23 heavy (non-hydrogen) atoms. The first-order chi connectivity index (χ1) is 10.9. The van der Waals surface area contributed by atoms with Gasteiger partial charge in [0.25, 0.3) is 5.91 Å². The van der Waals surface area contributed by atoms with Crippen molar-refractivity contribution in [1.82, 2.24) is 0 Å². The van der Waals surface area contributed by atoms with Crippen LogP contribution in [0.15, 0.2) is 36.4 Å². The summed E-state index contributed by atoms with van der Waals surface area (Å²) in [6.07, 6.45) is 0. The molecule has 3 nitrogen and oxygen atoms in total. The number of aryl methyl sites for hydroxylation is 1. The van der Waals surface area contributed by atoms with Gasteiger partial charge in [-0.3, -0.25) is 4.79 Å². The average Bonchev–Trinajstić information content (AvgIpc) is 2.46. The molecule has 0 spiro atoms. The maximum Gasteiger partial charge on any atom is 0.279 e. The number of carbonyl (C=O) groups excluding carboxylic acids is 1. The van der Waals surface area contributed by atoms with E-state index in [4.69, 9.17) is 23.2 Å². The first-order valence-electron chi connectivity index (χ1n) is 7.17. The molecule has 0 heterocycles. The minimum Gasteiger partial charge on any atom is -0.326 e. The predicted molar refractivity (Wildman–Crippen MR) is 91.7 cm³/mol. The zero-order chi connectivity index (χ0) is 17.0. The molecule has 122 valence electrons. The van der Waals surface area contributed by atoms with Gasteiger partial charge >= 0.3 is 0 Å². The highest BCUT2D eigenvalue weighted by molar-refractivity contribution is 6.31. The molecule has 0 aliphatic heterocycles. The zero-order valence-electron chi connectivity index (χ0n) is 12.9. The van der Waals surface area contributed by atoms with Crippen LogP contribution in [0.1, 0.15) is 11.1 Å². The molecule has 0 aliphatic rings. The number of hydrogen-bond acceptors (Lipinski definition) is 1. The van der Waals surface area contributed by atoms with Gasteiger partial charge in [-0.05, 0) is 42.8 Å². The highest BCUT2D eigenvalue weighted by Gasteiger charge is 2.16. The molecule has 1 unspecified atom stereocenters. The highest BCUT2D eigenvalue weighted by Crippen LogP contribution is 2.19. The smallest absolute Gasteiger partial charge is 0.279 e. The van der Waals surface area contributed by atoms with Crippen molar-refractivity contribution >= 4 is 34.8 Å². The number of amides is 1. The Labute approximate surface area is 145 Å². The van der Waals surface area contributed by atoms with Crippen molar-refractivity contribution < 1.29 is 14.1 Å². The molecule has 2 N–H and O–H groups in total. The van der Waals surface area contributed by atoms with E-state index in [1.54, 1.807) is 30.3 Å². The van der Waals surface area contributed by atoms with Crippen molar-refractivity contribution in [2.75, 3.05) is 18.9 Å². The van der Waals surface area contributed by atoms with Gasteiger partial charge in [0.15, 0.2) is 6.54 Å². The number of hydrogen-bond donors (Lipinski definition) is 2. The van der Waals surface area contributed by atoms with E-state index in [-0.39, 0.29) is 18.3 Å². The Bertz CT molecular complexity index is 701. The summed E-state index contributed by atoms with van der Waals surface area (Å²) in [4.78, 5) is 13.0. The number of carbonyl (C=O) groups is 1. The van der Waals surface area contributed by atoms with E-state index in [1.165, 1.54) is 6.07 Å². The van der Waals surface area contributed by atoms with Gasteiger partial charge < -0.3 is 10.2 Å². The Morgan fingerprint density at radius 1 is 1.26 bits per heavy atom. The molecule has 0 fully saturated rings. The summed E-state index contributed by atoms with van der Waals surface area (Å²) < 4.78 is 13.8. The van der Waals surface area contributed by atoms with Crippen LogP contribution in [0.5, 0.6) is 0 Å². The van der Waals surface area contributed by atoms with Crippen LogP contribution in [0.3, 0.4) is 0 Å². The summed E-state index contributed by atoms with van der Waals surface area (Å²) in [7, 11) is 1.82. The summed E-state index contributed by atoms with van der Waals surface area (Å²) in [5.41, 5.74) is 2.03. The van der Waals surface area contributed by atoms with Gasteiger partial charge in [0, 0.05) is 10.7 Å². The number of nitrogens with one attached hydrogen (secondary N) is 2. The second-order valence-electron chi connectivity index (χ2n) is 5.52. The van der Waals surface area contributed by atoms with E-state index in [0.29, 0.717) is 22.2 Å². The van der Waals surface area contributed by atoms with Crippen LogP contribution in [0.25, 0.3) is 0 Å². The lowest BCUT2D eigenvalue weighted by Gasteiger charge is -2.16. The van der Waals surface area contributed by atoms with Crippen LogP contribution >= 0.6 is 23.2 Å². The summed E-state index contributed by atoms with van der Waals surface area (Å²) in [5.74, 6) is -0.508. The second kappa shape index (κ2) is 7.77. The molecule has 0 bridgehead atoms. The topological polar surface area (TPSA) is 33.5 Å². The average molecular weight is 356 g/mol. The van der Waals surface area contributed by atoms with E-state index < -0.39 is 0 Å². The third kappa shape index (κ3) is 4.93. The van der Waals surface area contributed by atoms with Crippen molar-refractivity contribution in [3.8, 4) is 0 Å². The first kappa shape index (κ1) is 17.7. The maximum atomic E-state index is 13.8. The van der Waals surface area contributed by atoms with Crippen LogP contribution in [0.4, 0.5) is 10.1 Å². The van der Waals surface area contributed by atoms with Crippen molar-refractivity contribution in [2.24, 2.45) is 0 Å². The van der Waals surface area contributed by atoms with Crippen molar-refractivity contribution in [3.05, 3.63) is 63.4 Å². The van der Waals surface area contributed by atoms with Gasteiger partial charge in [-0.2, -0.15) is 0 Å². The molecule has 2 rings (SSSR count). The van der Waals surface area contributed by atoms with Crippen molar-refractivity contribution in [2.45, 2.75) is 13.5 Å². The molecular formula is C17H18Cl2FN2O+. The Balaban J connectivity index is 1.97. The van der Waals surface area contributed by atoms with E-state index in [0.717, 1.165) is 16.2 Å². The molecule has 1 atom stereocenters. The minimum atomic E-state index is -0.356. The molecule has 1 amide bonds. The third-order valence-corrected chi connectivity index (χ3v) is 4.05. The van der Waals surface area contributed by atoms with Crippen LogP contribution in [-0.4, -0.2) is 19.5 Å². The Morgan fingerprint density at radius 3 is 2.65 bits per heavy atom. The van der Waals surface area contributed by atoms with Gasteiger partial charge in [-0.15, -0.1) is 0 Å². The van der Waals surface area contributed by atoms with Crippen LogP contribution < -0.4 is 10.2 Å². The fraction of sp³-hybridized carbons (Fsp3) is 0.235. The van der Waals surface area contributed by atoms with E-state index >= 15 is 0 Å². The molecule has 6 heteroatoms. The molecule has 0 aromatic heterocycles. The van der Waals surface area contributed by atoms with Gasteiger partial charge in [0.2, 0.25) is 0 Å². The van der Waals surface area contributed by atoms with Crippen molar-refractivity contribution in [3.63, 3.8) is 0 Å². The lowest BCUT2D eigenvalue weighted by Crippen LogP contribution is -3.08. The van der Waals surface area contributed by atoms with E-state index in [9.17, 15) is 9.18 Å². The number of anilines is 1.